The van der Waals surface area contributed by atoms with Gasteiger partial charge in [-0.2, -0.15) is 0 Å². The molecule has 2 fully saturated rings. The van der Waals surface area contributed by atoms with Gasteiger partial charge < -0.3 is 10.4 Å². The van der Waals surface area contributed by atoms with E-state index in [9.17, 15) is 4.79 Å². The molecule has 0 aromatic heterocycles. The van der Waals surface area contributed by atoms with Crippen molar-refractivity contribution in [1.82, 2.24) is 5.32 Å². The third-order valence-corrected chi connectivity index (χ3v) is 3.81. The maximum atomic E-state index is 10.6. The maximum absolute atomic E-state index is 10.6. The van der Waals surface area contributed by atoms with Crippen molar-refractivity contribution in [3.8, 4) is 0 Å². The zero-order valence-electron chi connectivity index (χ0n) is 9.24. The topological polar surface area (TPSA) is 49.3 Å². The summed E-state index contributed by atoms with van der Waals surface area (Å²) < 4.78 is 0. The molecule has 2 aliphatic carbocycles. The lowest BCUT2D eigenvalue weighted by atomic mass is 9.80. The molecule has 86 valence electrons. The number of nitrogens with one attached hydrogen (secondary N) is 1. The van der Waals surface area contributed by atoms with Crippen LogP contribution in [0.3, 0.4) is 0 Å². The molecule has 2 N–H and O–H groups in total. The van der Waals surface area contributed by atoms with Crippen LogP contribution in [0, 0.1) is 5.92 Å². The molecular formula is C12H21NO2. The first-order chi connectivity index (χ1) is 7.25. The molecule has 3 heteroatoms. The van der Waals surface area contributed by atoms with Gasteiger partial charge in [-0.05, 0) is 25.7 Å². The van der Waals surface area contributed by atoms with Crippen LogP contribution in [0.4, 0.5) is 0 Å². The van der Waals surface area contributed by atoms with Crippen molar-refractivity contribution in [2.45, 2.75) is 63.5 Å². The molecule has 2 rings (SSSR count). The van der Waals surface area contributed by atoms with E-state index in [1.54, 1.807) is 0 Å². The monoisotopic (exact) mass is 211 g/mol. The van der Waals surface area contributed by atoms with Crippen LogP contribution in [0.5, 0.6) is 0 Å². The molecule has 2 saturated carbocycles. The minimum absolute atomic E-state index is 0.0757. The van der Waals surface area contributed by atoms with Gasteiger partial charge in [0, 0.05) is 12.1 Å². The Labute approximate surface area is 91.2 Å². The highest BCUT2D eigenvalue weighted by Gasteiger charge is 2.35. The van der Waals surface area contributed by atoms with Gasteiger partial charge in [-0.25, -0.2) is 0 Å². The summed E-state index contributed by atoms with van der Waals surface area (Å²) in [4.78, 5) is 10.6. The first-order valence-corrected chi connectivity index (χ1v) is 6.24. The first-order valence-electron chi connectivity index (χ1n) is 6.24. The van der Waals surface area contributed by atoms with Gasteiger partial charge >= 0.3 is 5.97 Å². The van der Waals surface area contributed by atoms with Crippen molar-refractivity contribution in [2.24, 2.45) is 5.92 Å². The van der Waals surface area contributed by atoms with Crippen LogP contribution in [0.25, 0.3) is 0 Å². The number of rotatable bonds is 3. The van der Waals surface area contributed by atoms with Gasteiger partial charge in [-0.1, -0.05) is 25.7 Å². The predicted molar refractivity (Wildman–Crippen MR) is 58.8 cm³/mol. The molecule has 0 radical (unpaired) electrons. The number of carboxylic acids is 1. The van der Waals surface area contributed by atoms with Crippen molar-refractivity contribution in [2.75, 3.05) is 0 Å². The van der Waals surface area contributed by atoms with Gasteiger partial charge in [-0.15, -0.1) is 0 Å². The third kappa shape index (κ3) is 2.94. The Bertz CT molecular complexity index is 216. The van der Waals surface area contributed by atoms with E-state index >= 15 is 0 Å². The van der Waals surface area contributed by atoms with E-state index in [4.69, 9.17) is 5.11 Å². The molecule has 0 aromatic carbocycles. The van der Waals surface area contributed by atoms with Gasteiger partial charge in [0.05, 0.1) is 5.92 Å². The van der Waals surface area contributed by atoms with Gasteiger partial charge in [0.1, 0.15) is 0 Å². The van der Waals surface area contributed by atoms with Crippen molar-refractivity contribution >= 4 is 5.97 Å². The zero-order chi connectivity index (χ0) is 10.7. The highest BCUT2D eigenvalue weighted by Crippen LogP contribution is 2.29. The normalized spacial score (nSPS) is 33.1. The molecule has 0 amide bonds. The Hall–Kier alpha value is -0.570. The fraction of sp³-hybridized carbons (Fsp3) is 0.917. The van der Waals surface area contributed by atoms with E-state index in [1.807, 2.05) is 0 Å². The molecule has 0 unspecified atom stereocenters. The molecule has 3 nitrogen and oxygen atoms in total. The van der Waals surface area contributed by atoms with Crippen LogP contribution < -0.4 is 5.32 Å². The molecule has 0 spiro atoms. The maximum Gasteiger partial charge on any atom is 0.306 e. The van der Waals surface area contributed by atoms with Crippen molar-refractivity contribution in [3.05, 3.63) is 0 Å². The SMILES string of the molecule is O=C(O)C1CC(NC2CCCCCC2)C1. The smallest absolute Gasteiger partial charge is 0.306 e. The summed E-state index contributed by atoms with van der Waals surface area (Å²) in [7, 11) is 0. The summed E-state index contributed by atoms with van der Waals surface area (Å²) in [6.07, 6.45) is 9.68. The number of carbonyl (C=O) groups is 1. The van der Waals surface area contributed by atoms with Crippen molar-refractivity contribution in [3.63, 3.8) is 0 Å². The average Bonchev–Trinajstić information content (AvgIpc) is 2.37. The zero-order valence-corrected chi connectivity index (χ0v) is 9.24. The van der Waals surface area contributed by atoms with Crippen LogP contribution in [0.1, 0.15) is 51.4 Å². The molecule has 0 atom stereocenters. The molecule has 0 aliphatic heterocycles. The summed E-state index contributed by atoms with van der Waals surface area (Å²) in [6.45, 7) is 0. The van der Waals surface area contributed by atoms with Crippen LogP contribution >= 0.6 is 0 Å². The van der Waals surface area contributed by atoms with E-state index in [-0.39, 0.29) is 5.92 Å². The lowest BCUT2D eigenvalue weighted by Gasteiger charge is -2.36. The standard InChI is InChI=1S/C12H21NO2/c14-12(15)9-7-11(8-9)13-10-5-3-1-2-4-6-10/h9-11,13H,1-8H2,(H,14,15). The van der Waals surface area contributed by atoms with E-state index in [0.717, 1.165) is 12.8 Å². The van der Waals surface area contributed by atoms with Crippen molar-refractivity contribution < 1.29 is 9.90 Å². The van der Waals surface area contributed by atoms with Gasteiger partial charge in [0.2, 0.25) is 0 Å². The Kier molecular flexibility index (Phi) is 3.62. The minimum atomic E-state index is -0.617. The lowest BCUT2D eigenvalue weighted by Crippen LogP contribution is -2.48. The van der Waals surface area contributed by atoms with E-state index in [0.29, 0.717) is 12.1 Å². The summed E-state index contributed by atoms with van der Waals surface area (Å²) in [6, 6.07) is 1.14. The Morgan fingerprint density at radius 2 is 1.60 bits per heavy atom. The average molecular weight is 211 g/mol. The molecule has 2 aliphatic rings. The van der Waals surface area contributed by atoms with E-state index in [1.165, 1.54) is 38.5 Å². The van der Waals surface area contributed by atoms with Crippen molar-refractivity contribution in [1.29, 1.82) is 0 Å². The second-order valence-corrected chi connectivity index (χ2v) is 5.06. The molecule has 15 heavy (non-hydrogen) atoms. The van der Waals surface area contributed by atoms with Crippen LogP contribution in [0.2, 0.25) is 0 Å². The fourth-order valence-corrected chi connectivity index (χ4v) is 2.73. The Morgan fingerprint density at radius 1 is 1.00 bits per heavy atom. The molecule has 0 bridgehead atoms. The summed E-state index contributed by atoms with van der Waals surface area (Å²) >= 11 is 0. The van der Waals surface area contributed by atoms with Gasteiger partial charge in [0.25, 0.3) is 0 Å². The Balaban J connectivity index is 1.67. The highest BCUT2D eigenvalue weighted by atomic mass is 16.4. The summed E-state index contributed by atoms with van der Waals surface area (Å²) in [5.74, 6) is -0.692. The van der Waals surface area contributed by atoms with E-state index < -0.39 is 5.97 Å². The predicted octanol–water partition coefficient (Wildman–Crippen LogP) is 2.16. The first kappa shape index (κ1) is 10.9. The number of aliphatic carboxylic acids is 1. The molecule has 0 aromatic rings. The Morgan fingerprint density at radius 3 is 2.13 bits per heavy atom. The highest BCUT2D eigenvalue weighted by molar-refractivity contribution is 5.71. The lowest BCUT2D eigenvalue weighted by molar-refractivity contribution is -0.145. The number of hydrogen-bond donors (Lipinski definition) is 2. The van der Waals surface area contributed by atoms with E-state index in [2.05, 4.69) is 5.32 Å². The minimum Gasteiger partial charge on any atom is -0.481 e. The third-order valence-electron chi connectivity index (χ3n) is 3.81. The van der Waals surface area contributed by atoms with Gasteiger partial charge in [-0.3, -0.25) is 4.79 Å². The molecular weight excluding hydrogens is 190 g/mol. The second kappa shape index (κ2) is 4.97. The quantitative estimate of drug-likeness (QED) is 0.703. The largest absolute Gasteiger partial charge is 0.481 e. The summed E-state index contributed by atoms with van der Waals surface area (Å²) in [5.41, 5.74) is 0. The fourth-order valence-electron chi connectivity index (χ4n) is 2.73. The molecule has 0 saturated heterocycles. The van der Waals surface area contributed by atoms with Crippen LogP contribution in [-0.2, 0) is 4.79 Å². The number of hydrogen-bond acceptors (Lipinski definition) is 2. The second-order valence-electron chi connectivity index (χ2n) is 5.06. The van der Waals surface area contributed by atoms with Gasteiger partial charge in [0.15, 0.2) is 0 Å². The summed E-state index contributed by atoms with van der Waals surface area (Å²) in [5, 5.41) is 12.4. The van der Waals surface area contributed by atoms with Crippen LogP contribution in [-0.4, -0.2) is 23.2 Å². The number of carboxylic acid groups (broad SMARTS) is 1. The van der Waals surface area contributed by atoms with Crippen LogP contribution in [0.15, 0.2) is 0 Å². The molecule has 0 heterocycles.